The largest absolute Gasteiger partial charge is 0.396 e. The van der Waals surface area contributed by atoms with Gasteiger partial charge in [-0.3, -0.25) is 0 Å². The molecule has 0 aliphatic carbocycles. The van der Waals surface area contributed by atoms with Gasteiger partial charge in [-0.15, -0.1) is 0 Å². The van der Waals surface area contributed by atoms with Gasteiger partial charge in [0.2, 0.25) is 0 Å². The number of hydrogen-bond donors (Lipinski definition) is 4. The minimum atomic E-state index is 0.0167. The third-order valence-electron chi connectivity index (χ3n) is 3.42. The number of aliphatic hydroxyl groups excluding tert-OH is 1. The van der Waals surface area contributed by atoms with Gasteiger partial charge in [-0.2, -0.15) is 0 Å². The lowest BCUT2D eigenvalue weighted by atomic mass is 9.85. The zero-order valence-electron chi connectivity index (χ0n) is 13.1. The molecule has 6 heteroatoms. The van der Waals surface area contributed by atoms with Gasteiger partial charge in [0.05, 0.1) is 0 Å². The van der Waals surface area contributed by atoms with E-state index >= 15 is 0 Å². The van der Waals surface area contributed by atoms with Gasteiger partial charge in [0, 0.05) is 24.6 Å². The predicted octanol–water partition coefficient (Wildman–Crippen LogP) is 1.84. The van der Waals surface area contributed by atoms with Crippen LogP contribution in [0.2, 0.25) is 0 Å². The van der Waals surface area contributed by atoms with Gasteiger partial charge in [0.25, 0.3) is 0 Å². The normalized spacial score (nSPS) is 13.2. The van der Waals surface area contributed by atoms with E-state index in [9.17, 15) is 5.11 Å². The van der Waals surface area contributed by atoms with Crippen LogP contribution in [0.25, 0.3) is 0 Å². The van der Waals surface area contributed by atoms with Crippen LogP contribution in [0, 0.1) is 12.3 Å². The number of nitrogens with two attached hydrogens (primary N) is 1. The topological polar surface area (TPSA) is 96.1 Å². The molecule has 1 unspecified atom stereocenters. The van der Waals surface area contributed by atoms with E-state index in [0.717, 1.165) is 23.6 Å². The van der Waals surface area contributed by atoms with E-state index in [1.54, 1.807) is 0 Å². The van der Waals surface area contributed by atoms with Crippen molar-refractivity contribution in [1.29, 1.82) is 0 Å². The molecule has 0 fully saturated rings. The molecule has 0 bridgehead atoms. The Morgan fingerprint density at radius 1 is 1.25 bits per heavy atom. The molecule has 0 spiro atoms. The fourth-order valence-electron chi connectivity index (χ4n) is 2.02. The Morgan fingerprint density at radius 3 is 2.30 bits per heavy atom. The van der Waals surface area contributed by atoms with Crippen molar-refractivity contribution in [2.45, 2.75) is 53.5 Å². The van der Waals surface area contributed by atoms with Crippen molar-refractivity contribution in [3.63, 3.8) is 0 Å². The van der Waals surface area contributed by atoms with E-state index in [-0.39, 0.29) is 18.1 Å². The maximum atomic E-state index is 9.24. The van der Waals surface area contributed by atoms with Gasteiger partial charge in [-0.05, 0) is 18.8 Å². The Morgan fingerprint density at radius 2 is 1.85 bits per heavy atom. The summed E-state index contributed by atoms with van der Waals surface area (Å²) in [5.41, 5.74) is 3.52. The Bertz CT molecular complexity index is 442. The summed E-state index contributed by atoms with van der Waals surface area (Å²) in [5.74, 6) is 7.66. The van der Waals surface area contributed by atoms with Crippen LogP contribution < -0.4 is 16.6 Å². The molecule has 5 N–H and O–H groups in total. The van der Waals surface area contributed by atoms with Gasteiger partial charge in [0.1, 0.15) is 17.5 Å². The van der Waals surface area contributed by atoms with E-state index in [4.69, 9.17) is 5.84 Å². The van der Waals surface area contributed by atoms with Gasteiger partial charge in [0.15, 0.2) is 0 Å². The molecule has 0 aliphatic heterocycles. The average molecular weight is 281 g/mol. The molecular weight excluding hydrogens is 254 g/mol. The quantitative estimate of drug-likeness (QED) is 0.469. The van der Waals surface area contributed by atoms with Crippen LogP contribution in [0.3, 0.4) is 0 Å². The highest BCUT2D eigenvalue weighted by Gasteiger charge is 2.25. The van der Waals surface area contributed by atoms with Gasteiger partial charge in [-0.1, -0.05) is 27.7 Å². The van der Waals surface area contributed by atoms with Crippen molar-refractivity contribution in [2.24, 2.45) is 11.3 Å². The predicted molar refractivity (Wildman–Crippen MR) is 82.5 cm³/mol. The maximum Gasteiger partial charge on any atom is 0.148 e. The van der Waals surface area contributed by atoms with E-state index in [1.165, 1.54) is 0 Å². The van der Waals surface area contributed by atoms with Crippen LogP contribution in [0.4, 0.5) is 11.6 Å². The number of anilines is 2. The Labute approximate surface area is 121 Å². The number of nitrogens with zero attached hydrogens (tertiary/aromatic N) is 2. The highest BCUT2D eigenvalue weighted by atomic mass is 16.3. The molecule has 0 aromatic carbocycles. The van der Waals surface area contributed by atoms with E-state index < -0.39 is 0 Å². The summed E-state index contributed by atoms with van der Waals surface area (Å²) in [6.07, 6.45) is 1.41. The molecule has 1 rings (SSSR count). The van der Waals surface area contributed by atoms with Crippen LogP contribution in [0.1, 0.15) is 45.5 Å². The van der Waals surface area contributed by atoms with Crippen LogP contribution in [0.15, 0.2) is 0 Å². The molecule has 1 aromatic heterocycles. The van der Waals surface area contributed by atoms with Crippen molar-refractivity contribution < 1.29 is 5.11 Å². The lowest BCUT2D eigenvalue weighted by Crippen LogP contribution is -2.35. The Kier molecular flexibility index (Phi) is 5.71. The van der Waals surface area contributed by atoms with Crippen LogP contribution in [-0.2, 0) is 6.42 Å². The van der Waals surface area contributed by atoms with Crippen LogP contribution in [-0.4, -0.2) is 27.7 Å². The minimum Gasteiger partial charge on any atom is -0.396 e. The first-order valence-corrected chi connectivity index (χ1v) is 7.05. The zero-order chi connectivity index (χ0) is 15.3. The zero-order valence-corrected chi connectivity index (χ0v) is 13.1. The van der Waals surface area contributed by atoms with Gasteiger partial charge >= 0.3 is 0 Å². The van der Waals surface area contributed by atoms with E-state index in [1.807, 2.05) is 13.8 Å². The molecule has 0 amide bonds. The van der Waals surface area contributed by atoms with Crippen molar-refractivity contribution in [3.05, 3.63) is 11.4 Å². The second-order valence-corrected chi connectivity index (χ2v) is 6.04. The summed E-state index contributed by atoms with van der Waals surface area (Å²) < 4.78 is 0. The highest BCUT2D eigenvalue weighted by Crippen LogP contribution is 2.27. The third kappa shape index (κ3) is 4.05. The second-order valence-electron chi connectivity index (χ2n) is 6.04. The first-order valence-electron chi connectivity index (χ1n) is 7.05. The van der Waals surface area contributed by atoms with Crippen molar-refractivity contribution >= 4 is 11.6 Å². The number of aryl methyl sites for hydroxylation is 1. The lowest BCUT2D eigenvalue weighted by Gasteiger charge is -2.32. The number of aliphatic hydroxyl groups is 1. The fourth-order valence-corrected chi connectivity index (χ4v) is 2.02. The summed E-state index contributed by atoms with van der Waals surface area (Å²) in [6, 6.07) is 0.122. The Hall–Kier alpha value is -1.40. The minimum absolute atomic E-state index is 0.0167. The first-order chi connectivity index (χ1) is 9.33. The van der Waals surface area contributed by atoms with Crippen LogP contribution >= 0.6 is 0 Å². The molecule has 114 valence electrons. The van der Waals surface area contributed by atoms with Crippen molar-refractivity contribution in [3.8, 4) is 0 Å². The maximum absolute atomic E-state index is 9.24. The van der Waals surface area contributed by atoms with Gasteiger partial charge in [-0.25, -0.2) is 15.8 Å². The monoisotopic (exact) mass is 281 g/mol. The van der Waals surface area contributed by atoms with Crippen LogP contribution in [0.5, 0.6) is 0 Å². The lowest BCUT2D eigenvalue weighted by molar-refractivity contribution is 0.235. The highest BCUT2D eigenvalue weighted by molar-refractivity contribution is 5.57. The molecule has 0 radical (unpaired) electrons. The fraction of sp³-hybridized carbons (Fsp3) is 0.714. The number of nitrogens with one attached hydrogen (secondary N) is 2. The summed E-state index contributed by atoms with van der Waals surface area (Å²) in [4.78, 5) is 8.88. The number of aromatic nitrogens is 2. The number of hydrogen-bond acceptors (Lipinski definition) is 6. The standard InChI is InChI=1S/C14H27N5O/c1-6-11-17-12(9(2)13(18-11)19-15)16-10(7-8-20)14(3,4)5/h10,20H,6-8,15H2,1-5H3,(H2,16,17,18,19). The smallest absolute Gasteiger partial charge is 0.148 e. The number of hydrazine groups is 1. The summed E-state index contributed by atoms with van der Waals surface area (Å²) >= 11 is 0. The molecule has 0 saturated carbocycles. The SMILES string of the molecule is CCc1nc(NN)c(C)c(NC(CCO)C(C)(C)C)n1. The van der Waals surface area contributed by atoms with E-state index in [2.05, 4.69) is 41.5 Å². The molecule has 0 aliphatic rings. The summed E-state index contributed by atoms with van der Waals surface area (Å²) in [5, 5.41) is 12.7. The number of nitrogen functional groups attached to an aromatic ring is 1. The third-order valence-corrected chi connectivity index (χ3v) is 3.42. The molecule has 6 nitrogen and oxygen atoms in total. The first kappa shape index (κ1) is 16.7. The average Bonchev–Trinajstić information content (AvgIpc) is 2.39. The summed E-state index contributed by atoms with van der Waals surface area (Å²) in [7, 11) is 0. The molecule has 1 heterocycles. The molecule has 20 heavy (non-hydrogen) atoms. The molecular formula is C14H27N5O. The van der Waals surface area contributed by atoms with Crippen molar-refractivity contribution in [2.75, 3.05) is 17.3 Å². The Balaban J connectivity index is 3.11. The van der Waals surface area contributed by atoms with E-state index in [0.29, 0.717) is 12.2 Å². The van der Waals surface area contributed by atoms with Crippen molar-refractivity contribution in [1.82, 2.24) is 9.97 Å². The summed E-state index contributed by atoms with van der Waals surface area (Å²) in [6.45, 7) is 10.5. The van der Waals surface area contributed by atoms with Gasteiger partial charge < -0.3 is 15.8 Å². The second kappa shape index (κ2) is 6.85. The molecule has 0 saturated heterocycles. The number of rotatable bonds is 6. The molecule has 1 aromatic rings. The molecule has 1 atom stereocenters.